The highest BCUT2D eigenvalue weighted by Gasteiger charge is 2.25. The first-order valence-electron chi connectivity index (χ1n) is 9.81. The number of anilines is 1. The van der Waals surface area contributed by atoms with Gasteiger partial charge in [-0.3, -0.25) is 14.7 Å². The highest BCUT2D eigenvalue weighted by atomic mass is 32.1. The Morgan fingerprint density at radius 1 is 1.10 bits per heavy atom. The fourth-order valence-electron chi connectivity index (χ4n) is 3.41. The van der Waals surface area contributed by atoms with Crippen LogP contribution in [0.4, 0.5) is 5.13 Å². The number of carbonyl (C=O) groups excluding carboxylic acids is 1. The van der Waals surface area contributed by atoms with Gasteiger partial charge in [-0.25, -0.2) is 4.98 Å². The largest absolute Gasteiger partial charge is 0.496 e. The van der Waals surface area contributed by atoms with E-state index in [1.807, 2.05) is 30.3 Å². The van der Waals surface area contributed by atoms with Crippen LogP contribution >= 0.6 is 11.3 Å². The zero-order chi connectivity index (χ0) is 21.1. The topological polar surface area (TPSA) is 55.3 Å². The maximum atomic E-state index is 13.6. The summed E-state index contributed by atoms with van der Waals surface area (Å²) in [6, 6.07) is 17.3. The van der Waals surface area contributed by atoms with E-state index in [9.17, 15) is 4.79 Å². The molecule has 1 amide bonds. The predicted molar refractivity (Wildman–Crippen MR) is 121 cm³/mol. The Balaban J connectivity index is 1.82. The van der Waals surface area contributed by atoms with Crippen LogP contribution in [0, 0.1) is 0 Å². The van der Waals surface area contributed by atoms with Gasteiger partial charge in [0, 0.05) is 12.4 Å². The second-order valence-corrected chi connectivity index (χ2v) is 8.31. The SMILES string of the molecule is COc1ccccc1C(=O)N(Cc1cccnc1)c1nc2c(C(C)C)cccc2s1. The van der Waals surface area contributed by atoms with Crippen molar-refractivity contribution in [3.05, 3.63) is 83.7 Å². The fraction of sp³-hybridized carbons (Fsp3) is 0.208. The molecule has 30 heavy (non-hydrogen) atoms. The molecule has 0 radical (unpaired) electrons. The molecule has 0 fully saturated rings. The van der Waals surface area contributed by atoms with Crippen LogP contribution in [0.3, 0.4) is 0 Å². The monoisotopic (exact) mass is 417 g/mol. The van der Waals surface area contributed by atoms with Crippen molar-refractivity contribution in [2.24, 2.45) is 0 Å². The third-order valence-electron chi connectivity index (χ3n) is 4.94. The van der Waals surface area contributed by atoms with Crippen molar-refractivity contribution < 1.29 is 9.53 Å². The number of rotatable bonds is 6. The minimum Gasteiger partial charge on any atom is -0.496 e. The van der Waals surface area contributed by atoms with Crippen molar-refractivity contribution in [2.45, 2.75) is 26.3 Å². The minimum atomic E-state index is -0.151. The number of hydrogen-bond donors (Lipinski definition) is 0. The molecule has 0 N–H and O–H groups in total. The number of benzene rings is 2. The first-order chi connectivity index (χ1) is 14.6. The molecule has 152 valence electrons. The van der Waals surface area contributed by atoms with Gasteiger partial charge in [0.25, 0.3) is 5.91 Å². The quantitative estimate of drug-likeness (QED) is 0.406. The van der Waals surface area contributed by atoms with Gasteiger partial charge in [-0.2, -0.15) is 0 Å². The summed E-state index contributed by atoms with van der Waals surface area (Å²) >= 11 is 1.53. The van der Waals surface area contributed by atoms with Gasteiger partial charge in [0.15, 0.2) is 5.13 Å². The summed E-state index contributed by atoms with van der Waals surface area (Å²) in [6.07, 6.45) is 3.50. The van der Waals surface area contributed by atoms with Gasteiger partial charge < -0.3 is 4.74 Å². The zero-order valence-electron chi connectivity index (χ0n) is 17.2. The van der Waals surface area contributed by atoms with E-state index >= 15 is 0 Å². The third-order valence-corrected chi connectivity index (χ3v) is 5.98. The van der Waals surface area contributed by atoms with Crippen LogP contribution in [0.1, 0.15) is 41.3 Å². The summed E-state index contributed by atoms with van der Waals surface area (Å²) in [5.74, 6) is 0.740. The number of amides is 1. The van der Waals surface area contributed by atoms with Crippen LogP contribution in [0.5, 0.6) is 5.75 Å². The van der Waals surface area contributed by atoms with Crippen LogP contribution < -0.4 is 9.64 Å². The van der Waals surface area contributed by atoms with Crippen molar-refractivity contribution in [3.8, 4) is 5.75 Å². The minimum absolute atomic E-state index is 0.151. The number of fused-ring (bicyclic) bond motifs is 1. The molecule has 2 aromatic carbocycles. The number of hydrogen-bond acceptors (Lipinski definition) is 5. The molecule has 4 rings (SSSR count). The maximum absolute atomic E-state index is 13.6. The van der Waals surface area contributed by atoms with Crippen molar-refractivity contribution in [1.82, 2.24) is 9.97 Å². The number of para-hydroxylation sites is 2. The molecule has 0 aliphatic carbocycles. The molecule has 0 aliphatic rings. The Labute approximate surface area is 180 Å². The lowest BCUT2D eigenvalue weighted by Gasteiger charge is -2.21. The molecule has 2 aromatic heterocycles. The summed E-state index contributed by atoms with van der Waals surface area (Å²) in [6.45, 7) is 4.68. The molecule has 5 nitrogen and oxygen atoms in total. The van der Waals surface area contributed by atoms with E-state index < -0.39 is 0 Å². The third kappa shape index (κ3) is 3.91. The van der Waals surface area contributed by atoms with Gasteiger partial charge in [0.1, 0.15) is 5.75 Å². The number of methoxy groups -OCH3 is 1. The second-order valence-electron chi connectivity index (χ2n) is 7.30. The van der Waals surface area contributed by atoms with Gasteiger partial charge in [-0.1, -0.05) is 55.5 Å². The van der Waals surface area contributed by atoms with E-state index in [0.717, 1.165) is 15.8 Å². The summed E-state index contributed by atoms with van der Waals surface area (Å²) in [7, 11) is 1.57. The van der Waals surface area contributed by atoms with Crippen LogP contribution in [0.15, 0.2) is 67.0 Å². The number of pyridine rings is 1. The lowest BCUT2D eigenvalue weighted by molar-refractivity contribution is 0.0982. The molecule has 0 unspecified atom stereocenters. The van der Waals surface area contributed by atoms with Crippen molar-refractivity contribution in [3.63, 3.8) is 0 Å². The summed E-state index contributed by atoms with van der Waals surface area (Å²) in [4.78, 5) is 24.4. The average Bonchev–Trinajstić information content (AvgIpc) is 3.21. The lowest BCUT2D eigenvalue weighted by atomic mass is 10.0. The Morgan fingerprint density at radius 2 is 1.93 bits per heavy atom. The Morgan fingerprint density at radius 3 is 2.67 bits per heavy atom. The predicted octanol–water partition coefficient (Wildman–Crippen LogP) is 5.67. The standard InChI is InChI=1S/C24H23N3O2S/c1-16(2)18-10-6-12-21-22(18)26-24(30-21)27(15-17-8-7-13-25-14-17)23(28)19-9-4-5-11-20(19)29-3/h4-14,16H,15H2,1-3H3. The van der Waals surface area contributed by atoms with Crippen LogP contribution in [0.2, 0.25) is 0 Å². The zero-order valence-corrected chi connectivity index (χ0v) is 18.0. The van der Waals surface area contributed by atoms with Crippen LogP contribution in [0.25, 0.3) is 10.2 Å². The molecule has 0 saturated carbocycles. The molecule has 6 heteroatoms. The van der Waals surface area contributed by atoms with Crippen molar-refractivity contribution in [2.75, 3.05) is 12.0 Å². The normalized spacial score (nSPS) is 11.1. The summed E-state index contributed by atoms with van der Waals surface area (Å²) in [5, 5.41) is 0.665. The smallest absolute Gasteiger partial charge is 0.264 e. The molecule has 0 spiro atoms. The molecule has 0 bridgehead atoms. The van der Waals surface area contributed by atoms with Gasteiger partial charge >= 0.3 is 0 Å². The van der Waals surface area contributed by atoms with Gasteiger partial charge in [-0.05, 0) is 41.3 Å². The summed E-state index contributed by atoms with van der Waals surface area (Å²) < 4.78 is 6.51. The molecule has 2 heterocycles. The average molecular weight is 418 g/mol. The van der Waals surface area contributed by atoms with E-state index in [-0.39, 0.29) is 5.91 Å². The Kier molecular flexibility index (Phi) is 5.77. The molecule has 4 aromatic rings. The Bertz CT molecular complexity index is 1170. The summed E-state index contributed by atoms with van der Waals surface area (Å²) in [5.41, 5.74) is 3.58. The highest BCUT2D eigenvalue weighted by Crippen LogP contribution is 2.35. The number of carbonyl (C=O) groups is 1. The van der Waals surface area contributed by atoms with E-state index in [2.05, 4.69) is 31.0 Å². The van der Waals surface area contributed by atoms with Crippen LogP contribution in [-0.2, 0) is 6.54 Å². The first kappa shape index (κ1) is 20.0. The number of aromatic nitrogens is 2. The maximum Gasteiger partial charge on any atom is 0.264 e. The number of nitrogens with zero attached hydrogens (tertiary/aromatic N) is 3. The van der Waals surface area contributed by atoms with E-state index in [1.54, 1.807) is 36.5 Å². The highest BCUT2D eigenvalue weighted by molar-refractivity contribution is 7.22. The van der Waals surface area contributed by atoms with Gasteiger partial charge in [0.05, 0.1) is 29.4 Å². The number of thiazole rings is 1. The molecular weight excluding hydrogens is 394 g/mol. The Hall–Kier alpha value is -3.25. The van der Waals surface area contributed by atoms with Crippen molar-refractivity contribution >= 4 is 32.6 Å². The van der Waals surface area contributed by atoms with Gasteiger partial charge in [-0.15, -0.1) is 0 Å². The molecule has 0 aliphatic heterocycles. The van der Waals surface area contributed by atoms with Gasteiger partial charge in [0.2, 0.25) is 0 Å². The van der Waals surface area contributed by atoms with E-state index in [4.69, 9.17) is 9.72 Å². The molecule has 0 saturated heterocycles. The molecule has 0 atom stereocenters. The lowest BCUT2D eigenvalue weighted by Crippen LogP contribution is -2.30. The second kappa shape index (κ2) is 8.63. The van der Waals surface area contributed by atoms with E-state index in [0.29, 0.717) is 28.9 Å². The number of ether oxygens (including phenoxy) is 1. The fourth-order valence-corrected chi connectivity index (χ4v) is 4.40. The molecular formula is C24H23N3O2S. The van der Waals surface area contributed by atoms with Crippen molar-refractivity contribution in [1.29, 1.82) is 0 Å². The first-order valence-corrected chi connectivity index (χ1v) is 10.6. The van der Waals surface area contributed by atoms with Crippen LogP contribution in [-0.4, -0.2) is 23.0 Å². The van der Waals surface area contributed by atoms with E-state index in [1.165, 1.54) is 16.9 Å².